The summed E-state index contributed by atoms with van der Waals surface area (Å²) in [6.07, 6.45) is 0. The number of aryl methyl sites for hydroxylation is 1. The topological polar surface area (TPSA) is 35.8 Å². The number of nitrogens with zero attached hydrogens (tertiary/aromatic N) is 1. The number of benzene rings is 1. The van der Waals surface area contributed by atoms with Crippen LogP contribution in [0.15, 0.2) is 16.6 Å². The highest BCUT2D eigenvalue weighted by atomic mass is 79.9. The number of hydrogen-bond donors (Lipinski definition) is 1. The first-order chi connectivity index (χ1) is 6.54. The van der Waals surface area contributed by atoms with Gasteiger partial charge in [0.05, 0.1) is 10.5 Å². The molecular formula is C10H10BrFN2. The molecule has 1 aromatic carbocycles. The van der Waals surface area contributed by atoms with Crippen LogP contribution in [0.3, 0.4) is 0 Å². The van der Waals surface area contributed by atoms with Gasteiger partial charge in [-0.3, -0.25) is 0 Å². The molecule has 1 aromatic rings. The van der Waals surface area contributed by atoms with Crippen molar-refractivity contribution in [2.75, 3.05) is 5.32 Å². The summed E-state index contributed by atoms with van der Waals surface area (Å²) >= 11 is 3.10. The van der Waals surface area contributed by atoms with Crippen LogP contribution in [0, 0.1) is 24.1 Å². The predicted octanol–water partition coefficient (Wildman–Crippen LogP) is 3.22. The monoisotopic (exact) mass is 256 g/mol. The molecule has 2 nitrogen and oxygen atoms in total. The maximum absolute atomic E-state index is 13.1. The molecular weight excluding hydrogens is 247 g/mol. The van der Waals surface area contributed by atoms with Gasteiger partial charge in [0.15, 0.2) is 0 Å². The van der Waals surface area contributed by atoms with E-state index in [-0.39, 0.29) is 11.9 Å². The van der Waals surface area contributed by atoms with Gasteiger partial charge in [-0.15, -0.1) is 0 Å². The van der Waals surface area contributed by atoms with Crippen LogP contribution in [-0.2, 0) is 0 Å². The lowest BCUT2D eigenvalue weighted by atomic mass is 10.2. The SMILES string of the molecule is Cc1cc(Br)c(F)cc1NC(C)C#N. The first-order valence-corrected chi connectivity index (χ1v) is 4.95. The summed E-state index contributed by atoms with van der Waals surface area (Å²) in [5.41, 5.74) is 1.56. The van der Waals surface area contributed by atoms with Crippen molar-refractivity contribution in [2.24, 2.45) is 0 Å². The molecule has 0 bridgehead atoms. The molecule has 0 spiro atoms. The molecule has 1 atom stereocenters. The summed E-state index contributed by atoms with van der Waals surface area (Å²) in [7, 11) is 0. The van der Waals surface area contributed by atoms with Gasteiger partial charge >= 0.3 is 0 Å². The van der Waals surface area contributed by atoms with Gasteiger partial charge in [0.2, 0.25) is 0 Å². The average molecular weight is 257 g/mol. The minimum atomic E-state index is -0.330. The second-order valence-electron chi connectivity index (χ2n) is 3.08. The van der Waals surface area contributed by atoms with Gasteiger partial charge in [0.25, 0.3) is 0 Å². The Labute approximate surface area is 90.9 Å². The van der Waals surface area contributed by atoms with E-state index in [1.807, 2.05) is 13.0 Å². The van der Waals surface area contributed by atoms with Crippen LogP contribution in [0.2, 0.25) is 0 Å². The van der Waals surface area contributed by atoms with E-state index < -0.39 is 0 Å². The first-order valence-electron chi connectivity index (χ1n) is 4.16. The van der Waals surface area contributed by atoms with Crippen LogP contribution in [0.1, 0.15) is 12.5 Å². The molecule has 0 aromatic heterocycles. The lowest BCUT2D eigenvalue weighted by molar-refractivity contribution is 0.621. The molecule has 0 saturated heterocycles. The summed E-state index contributed by atoms with van der Waals surface area (Å²) in [6, 6.07) is 4.77. The number of nitrogens with one attached hydrogen (secondary N) is 1. The molecule has 1 rings (SSSR count). The maximum Gasteiger partial charge on any atom is 0.139 e. The van der Waals surface area contributed by atoms with E-state index in [4.69, 9.17) is 5.26 Å². The Balaban J connectivity index is 2.99. The van der Waals surface area contributed by atoms with Crippen LogP contribution in [0.4, 0.5) is 10.1 Å². The number of nitriles is 1. The van der Waals surface area contributed by atoms with Crippen LogP contribution < -0.4 is 5.32 Å². The van der Waals surface area contributed by atoms with Crippen LogP contribution in [0.5, 0.6) is 0 Å². The van der Waals surface area contributed by atoms with Crippen molar-refractivity contribution in [3.8, 4) is 6.07 Å². The van der Waals surface area contributed by atoms with E-state index in [1.165, 1.54) is 6.07 Å². The largest absolute Gasteiger partial charge is 0.370 e. The third-order valence-corrected chi connectivity index (χ3v) is 2.44. The Bertz CT molecular complexity index is 384. The van der Waals surface area contributed by atoms with Crippen molar-refractivity contribution >= 4 is 21.6 Å². The molecule has 4 heteroatoms. The minimum absolute atomic E-state index is 0.325. The Kier molecular flexibility index (Phi) is 3.48. The van der Waals surface area contributed by atoms with E-state index in [2.05, 4.69) is 21.2 Å². The highest BCUT2D eigenvalue weighted by molar-refractivity contribution is 9.10. The predicted molar refractivity (Wildman–Crippen MR) is 57.5 cm³/mol. The minimum Gasteiger partial charge on any atom is -0.370 e. The van der Waals surface area contributed by atoms with E-state index >= 15 is 0 Å². The summed E-state index contributed by atoms with van der Waals surface area (Å²) in [5.74, 6) is -0.330. The standard InChI is InChI=1S/C10H10BrFN2/c1-6-3-8(11)9(12)4-10(6)14-7(2)5-13/h3-4,7,14H,1-2H3. The molecule has 0 aliphatic heterocycles. The zero-order valence-corrected chi connectivity index (χ0v) is 9.52. The van der Waals surface area contributed by atoms with Crippen molar-refractivity contribution < 1.29 is 4.39 Å². The van der Waals surface area contributed by atoms with Gasteiger partial charge < -0.3 is 5.32 Å². The summed E-state index contributed by atoms with van der Waals surface area (Å²) in [6.45, 7) is 3.58. The van der Waals surface area contributed by atoms with E-state index in [9.17, 15) is 4.39 Å². The van der Waals surface area contributed by atoms with Crippen molar-refractivity contribution in [2.45, 2.75) is 19.9 Å². The second kappa shape index (κ2) is 4.43. The molecule has 0 saturated carbocycles. The quantitative estimate of drug-likeness (QED) is 0.882. The Hall–Kier alpha value is -1.08. The molecule has 0 amide bonds. The number of anilines is 1. The highest BCUT2D eigenvalue weighted by Crippen LogP contribution is 2.24. The Morgan fingerprint density at radius 3 is 2.79 bits per heavy atom. The highest BCUT2D eigenvalue weighted by Gasteiger charge is 2.07. The molecule has 1 unspecified atom stereocenters. The van der Waals surface area contributed by atoms with Gasteiger partial charge in [-0.05, 0) is 47.5 Å². The van der Waals surface area contributed by atoms with Gasteiger partial charge in [-0.1, -0.05) is 0 Å². The number of rotatable bonds is 2. The van der Waals surface area contributed by atoms with Crippen molar-refractivity contribution in [1.29, 1.82) is 5.26 Å². The van der Waals surface area contributed by atoms with Crippen molar-refractivity contribution in [3.05, 3.63) is 28.0 Å². The summed E-state index contributed by atoms with van der Waals surface area (Å²) in [4.78, 5) is 0. The zero-order valence-electron chi connectivity index (χ0n) is 7.94. The molecule has 74 valence electrons. The summed E-state index contributed by atoms with van der Waals surface area (Å²) < 4.78 is 13.6. The fourth-order valence-corrected chi connectivity index (χ4v) is 1.53. The normalized spacial score (nSPS) is 11.9. The third-order valence-electron chi connectivity index (χ3n) is 1.83. The maximum atomic E-state index is 13.1. The van der Waals surface area contributed by atoms with E-state index in [0.717, 1.165) is 5.56 Å². The van der Waals surface area contributed by atoms with Crippen LogP contribution >= 0.6 is 15.9 Å². The summed E-state index contributed by atoms with van der Waals surface area (Å²) in [5, 5.41) is 11.5. The number of halogens is 2. The fraction of sp³-hybridized carbons (Fsp3) is 0.300. The molecule has 0 fully saturated rings. The molecule has 0 aliphatic rings. The Morgan fingerprint density at radius 2 is 2.21 bits per heavy atom. The molecule has 0 aliphatic carbocycles. The average Bonchev–Trinajstić information content (AvgIpc) is 2.14. The van der Waals surface area contributed by atoms with Gasteiger partial charge in [-0.2, -0.15) is 5.26 Å². The van der Waals surface area contributed by atoms with E-state index in [1.54, 1.807) is 13.0 Å². The van der Waals surface area contributed by atoms with Crippen LogP contribution in [-0.4, -0.2) is 6.04 Å². The van der Waals surface area contributed by atoms with Gasteiger partial charge in [-0.25, -0.2) is 4.39 Å². The lowest BCUT2D eigenvalue weighted by Gasteiger charge is -2.11. The second-order valence-corrected chi connectivity index (χ2v) is 3.93. The Morgan fingerprint density at radius 1 is 1.57 bits per heavy atom. The molecule has 14 heavy (non-hydrogen) atoms. The lowest BCUT2D eigenvalue weighted by Crippen LogP contribution is -2.13. The molecule has 0 radical (unpaired) electrons. The third kappa shape index (κ3) is 2.46. The van der Waals surface area contributed by atoms with Crippen LogP contribution in [0.25, 0.3) is 0 Å². The molecule has 0 heterocycles. The van der Waals surface area contributed by atoms with Gasteiger partial charge in [0, 0.05) is 5.69 Å². The zero-order chi connectivity index (χ0) is 10.7. The smallest absolute Gasteiger partial charge is 0.139 e. The molecule has 1 N–H and O–H groups in total. The van der Waals surface area contributed by atoms with E-state index in [0.29, 0.717) is 10.2 Å². The first kappa shape index (κ1) is 11.0. The fourth-order valence-electron chi connectivity index (χ4n) is 1.07. The van der Waals surface area contributed by atoms with Crippen molar-refractivity contribution in [1.82, 2.24) is 0 Å². The number of hydrogen-bond acceptors (Lipinski definition) is 2. The van der Waals surface area contributed by atoms with Gasteiger partial charge in [0.1, 0.15) is 11.9 Å². The van der Waals surface area contributed by atoms with Crippen molar-refractivity contribution in [3.63, 3.8) is 0 Å².